The zero-order valence-corrected chi connectivity index (χ0v) is 8.52. The Balaban J connectivity index is 2.93. The molecule has 0 saturated heterocycles. The van der Waals surface area contributed by atoms with Crippen LogP contribution in [0.4, 0.5) is 0 Å². The summed E-state index contributed by atoms with van der Waals surface area (Å²) in [5, 5.41) is 0. The maximum absolute atomic E-state index is 11.0. The number of hydrogen-bond donors (Lipinski definition) is 0. The van der Waals surface area contributed by atoms with Crippen molar-refractivity contribution in [1.82, 2.24) is 0 Å². The van der Waals surface area contributed by atoms with Gasteiger partial charge in [-0.25, -0.2) is 0 Å². The molecule has 0 aliphatic rings. The van der Waals surface area contributed by atoms with Crippen molar-refractivity contribution in [3.05, 3.63) is 29.8 Å². The van der Waals surface area contributed by atoms with Gasteiger partial charge in [0.15, 0.2) is 0 Å². The molecule has 1 aromatic carbocycles. The maximum Gasteiger partial charge on any atom is 0.0498 e. The summed E-state index contributed by atoms with van der Waals surface area (Å²) in [6, 6.07) is 7.96. The van der Waals surface area contributed by atoms with Crippen molar-refractivity contribution in [2.45, 2.75) is 24.7 Å². The lowest BCUT2D eigenvalue weighted by atomic mass is 10.0. The smallest absolute Gasteiger partial charge is 0.0498 e. The molecule has 0 radical (unpaired) electrons. The van der Waals surface area contributed by atoms with Gasteiger partial charge in [-0.2, -0.15) is 0 Å². The third-order valence-corrected chi connectivity index (χ3v) is 2.81. The lowest BCUT2D eigenvalue weighted by Crippen LogP contribution is -1.90. The van der Waals surface area contributed by atoms with Crippen LogP contribution in [0.3, 0.4) is 0 Å². The SMILES string of the molecule is CC(C)c1ccc(S(C)=O)cc1. The van der Waals surface area contributed by atoms with Crippen molar-refractivity contribution in [2.75, 3.05) is 6.26 Å². The van der Waals surface area contributed by atoms with Gasteiger partial charge in [-0.3, -0.25) is 4.21 Å². The topological polar surface area (TPSA) is 17.1 Å². The summed E-state index contributed by atoms with van der Waals surface area (Å²) >= 11 is 0. The van der Waals surface area contributed by atoms with E-state index in [1.165, 1.54) is 5.56 Å². The van der Waals surface area contributed by atoms with E-state index in [9.17, 15) is 4.21 Å². The Morgan fingerprint density at radius 3 is 2.00 bits per heavy atom. The van der Waals surface area contributed by atoms with Gasteiger partial charge in [0.25, 0.3) is 0 Å². The van der Waals surface area contributed by atoms with Gasteiger partial charge in [-0.05, 0) is 23.6 Å². The van der Waals surface area contributed by atoms with Crippen LogP contribution in [0.25, 0.3) is 0 Å². The molecule has 0 N–H and O–H groups in total. The molecule has 0 spiro atoms. The molecule has 1 unspecified atom stereocenters. The van der Waals surface area contributed by atoms with Crippen molar-refractivity contribution >= 4 is 10.8 Å². The average Bonchev–Trinajstić information content (AvgIpc) is 2.04. The molecule has 0 bridgehead atoms. The van der Waals surface area contributed by atoms with Gasteiger partial charge in [-0.1, -0.05) is 26.0 Å². The lowest BCUT2D eigenvalue weighted by molar-refractivity contribution is 0.686. The normalized spacial score (nSPS) is 13.3. The van der Waals surface area contributed by atoms with Crippen LogP contribution in [0, 0.1) is 0 Å². The molecule has 2 heteroatoms. The summed E-state index contributed by atoms with van der Waals surface area (Å²) in [5.41, 5.74) is 1.30. The Morgan fingerprint density at radius 1 is 1.17 bits per heavy atom. The van der Waals surface area contributed by atoms with Gasteiger partial charge < -0.3 is 0 Å². The van der Waals surface area contributed by atoms with Crippen LogP contribution in [0.1, 0.15) is 25.3 Å². The highest BCUT2D eigenvalue weighted by Gasteiger charge is 1.99. The van der Waals surface area contributed by atoms with E-state index in [0.717, 1.165) is 4.90 Å². The molecule has 12 heavy (non-hydrogen) atoms. The molecule has 0 heterocycles. The number of hydrogen-bond acceptors (Lipinski definition) is 1. The van der Waals surface area contributed by atoms with Crippen LogP contribution in [-0.4, -0.2) is 10.5 Å². The van der Waals surface area contributed by atoms with Crippen molar-refractivity contribution in [1.29, 1.82) is 0 Å². The van der Waals surface area contributed by atoms with E-state index in [2.05, 4.69) is 13.8 Å². The first-order valence-corrected chi connectivity index (χ1v) is 5.60. The second kappa shape index (κ2) is 3.85. The summed E-state index contributed by atoms with van der Waals surface area (Å²) in [6.07, 6.45) is 1.70. The fourth-order valence-electron chi connectivity index (χ4n) is 1.04. The predicted molar refractivity (Wildman–Crippen MR) is 52.9 cm³/mol. The van der Waals surface area contributed by atoms with Crippen molar-refractivity contribution in [2.24, 2.45) is 0 Å². The van der Waals surface area contributed by atoms with Gasteiger partial charge in [0.1, 0.15) is 0 Å². The Bertz CT molecular complexity index is 274. The van der Waals surface area contributed by atoms with E-state index in [-0.39, 0.29) is 0 Å². The molecular formula is C10H14OS. The van der Waals surface area contributed by atoms with Gasteiger partial charge in [0.2, 0.25) is 0 Å². The molecule has 0 aliphatic heterocycles. The van der Waals surface area contributed by atoms with Gasteiger partial charge in [0, 0.05) is 22.0 Å². The predicted octanol–water partition coefficient (Wildman–Crippen LogP) is 2.55. The van der Waals surface area contributed by atoms with E-state index in [1.807, 2.05) is 24.3 Å². The van der Waals surface area contributed by atoms with Gasteiger partial charge in [0.05, 0.1) is 0 Å². The highest BCUT2D eigenvalue weighted by Crippen LogP contribution is 2.15. The van der Waals surface area contributed by atoms with Crippen molar-refractivity contribution in [3.63, 3.8) is 0 Å². The fourth-order valence-corrected chi connectivity index (χ4v) is 1.56. The quantitative estimate of drug-likeness (QED) is 0.687. The van der Waals surface area contributed by atoms with Crippen LogP contribution < -0.4 is 0 Å². The van der Waals surface area contributed by atoms with E-state index >= 15 is 0 Å². The first-order valence-electron chi connectivity index (χ1n) is 4.04. The summed E-state index contributed by atoms with van der Waals surface area (Å²) < 4.78 is 11.0. The van der Waals surface area contributed by atoms with Crippen LogP contribution in [0.2, 0.25) is 0 Å². The van der Waals surface area contributed by atoms with Crippen molar-refractivity contribution < 1.29 is 4.21 Å². The molecule has 1 atom stereocenters. The lowest BCUT2D eigenvalue weighted by Gasteiger charge is -2.04. The molecule has 0 saturated carbocycles. The van der Waals surface area contributed by atoms with Crippen LogP contribution in [-0.2, 0) is 10.8 Å². The highest BCUT2D eigenvalue weighted by atomic mass is 32.2. The number of rotatable bonds is 2. The minimum Gasteiger partial charge on any atom is -0.255 e. The molecule has 0 amide bonds. The minimum atomic E-state index is -0.850. The van der Waals surface area contributed by atoms with Crippen LogP contribution in [0.5, 0.6) is 0 Å². The average molecular weight is 182 g/mol. The highest BCUT2D eigenvalue weighted by molar-refractivity contribution is 7.84. The second-order valence-corrected chi connectivity index (χ2v) is 4.56. The largest absolute Gasteiger partial charge is 0.255 e. The maximum atomic E-state index is 11.0. The standard InChI is InChI=1S/C10H14OS/c1-8(2)9-4-6-10(7-5-9)12(3)11/h4-8H,1-3H3. The summed E-state index contributed by atoms with van der Waals surface area (Å²) in [6.45, 7) is 4.30. The Kier molecular flexibility index (Phi) is 3.04. The Hall–Kier alpha value is -0.630. The van der Waals surface area contributed by atoms with Gasteiger partial charge >= 0.3 is 0 Å². The van der Waals surface area contributed by atoms with Crippen LogP contribution >= 0.6 is 0 Å². The van der Waals surface area contributed by atoms with Gasteiger partial charge in [-0.15, -0.1) is 0 Å². The molecular weight excluding hydrogens is 168 g/mol. The molecule has 66 valence electrons. The molecule has 1 nitrogen and oxygen atoms in total. The Labute approximate surface area is 76.3 Å². The number of benzene rings is 1. The third kappa shape index (κ3) is 2.18. The van der Waals surface area contributed by atoms with Crippen molar-refractivity contribution in [3.8, 4) is 0 Å². The molecule has 1 rings (SSSR count). The monoisotopic (exact) mass is 182 g/mol. The summed E-state index contributed by atoms with van der Waals surface area (Å²) in [4.78, 5) is 0.902. The zero-order chi connectivity index (χ0) is 9.14. The molecule has 0 aromatic heterocycles. The van der Waals surface area contributed by atoms with Crippen LogP contribution in [0.15, 0.2) is 29.2 Å². The fraction of sp³-hybridized carbons (Fsp3) is 0.400. The van der Waals surface area contributed by atoms with E-state index in [4.69, 9.17) is 0 Å². The summed E-state index contributed by atoms with van der Waals surface area (Å²) in [7, 11) is -0.850. The van der Waals surface area contributed by atoms with E-state index in [0.29, 0.717) is 5.92 Å². The first kappa shape index (κ1) is 9.46. The molecule has 0 fully saturated rings. The molecule has 0 aliphatic carbocycles. The van der Waals surface area contributed by atoms with E-state index in [1.54, 1.807) is 6.26 Å². The second-order valence-electron chi connectivity index (χ2n) is 3.18. The summed E-state index contributed by atoms with van der Waals surface area (Å²) in [5.74, 6) is 0.546. The molecule has 1 aromatic rings. The third-order valence-electron chi connectivity index (χ3n) is 1.88. The minimum absolute atomic E-state index is 0.546. The van der Waals surface area contributed by atoms with E-state index < -0.39 is 10.8 Å². The first-order chi connectivity index (χ1) is 5.61. The Morgan fingerprint density at radius 2 is 1.67 bits per heavy atom. The zero-order valence-electron chi connectivity index (χ0n) is 7.70.